The van der Waals surface area contributed by atoms with E-state index in [1.807, 2.05) is 6.07 Å². The van der Waals surface area contributed by atoms with Gasteiger partial charge in [-0.1, -0.05) is 24.3 Å². The molecule has 0 fully saturated rings. The number of benzene rings is 2. The van der Waals surface area contributed by atoms with Crippen LogP contribution in [0.5, 0.6) is 5.75 Å². The summed E-state index contributed by atoms with van der Waals surface area (Å²) < 4.78 is 5.00. The van der Waals surface area contributed by atoms with Crippen molar-refractivity contribution in [3.8, 4) is 5.75 Å². The highest BCUT2D eigenvalue weighted by Gasteiger charge is 2.12. The van der Waals surface area contributed by atoms with Crippen molar-refractivity contribution >= 4 is 17.3 Å². The van der Waals surface area contributed by atoms with Crippen LogP contribution in [0.15, 0.2) is 48.5 Å². The van der Waals surface area contributed by atoms with Crippen molar-refractivity contribution in [2.45, 2.75) is 6.92 Å². The molecule has 4 nitrogen and oxygen atoms in total. The van der Waals surface area contributed by atoms with Gasteiger partial charge >= 0.3 is 5.97 Å². The molecule has 19 heavy (non-hydrogen) atoms. The molecule has 0 aromatic heterocycles. The molecule has 0 aliphatic rings. The number of phenols is 1. The van der Waals surface area contributed by atoms with E-state index >= 15 is 0 Å². The van der Waals surface area contributed by atoms with E-state index in [9.17, 15) is 9.90 Å². The van der Waals surface area contributed by atoms with Crippen LogP contribution in [0.2, 0.25) is 0 Å². The molecular weight excluding hydrogens is 242 g/mol. The first-order valence-corrected chi connectivity index (χ1v) is 6.03. The number of anilines is 2. The Hall–Kier alpha value is -2.49. The predicted molar refractivity (Wildman–Crippen MR) is 73.8 cm³/mol. The number of carbonyl (C=O) groups excluding carboxylic acids is 1. The summed E-state index contributed by atoms with van der Waals surface area (Å²) >= 11 is 0. The minimum absolute atomic E-state index is 0.126. The van der Waals surface area contributed by atoms with E-state index in [1.54, 1.807) is 49.4 Å². The number of rotatable bonds is 4. The van der Waals surface area contributed by atoms with Crippen molar-refractivity contribution in [3.05, 3.63) is 54.1 Å². The first-order valence-electron chi connectivity index (χ1n) is 6.03. The van der Waals surface area contributed by atoms with Crippen LogP contribution in [0.25, 0.3) is 0 Å². The number of para-hydroxylation sites is 3. The first-order chi connectivity index (χ1) is 9.22. The lowest BCUT2D eigenvalue weighted by molar-refractivity contribution is 0.0527. The standard InChI is InChI=1S/C15H15NO3/c1-2-19-15(18)11-7-3-4-8-12(11)16-13-9-5-6-10-14(13)17/h3-10,16-17H,2H2,1H3. The van der Waals surface area contributed by atoms with Gasteiger partial charge in [0, 0.05) is 0 Å². The van der Waals surface area contributed by atoms with E-state index in [2.05, 4.69) is 5.32 Å². The van der Waals surface area contributed by atoms with Crippen LogP contribution in [0.1, 0.15) is 17.3 Å². The smallest absolute Gasteiger partial charge is 0.340 e. The Morgan fingerprint density at radius 2 is 1.74 bits per heavy atom. The highest BCUT2D eigenvalue weighted by Crippen LogP contribution is 2.27. The maximum absolute atomic E-state index is 11.8. The molecule has 0 amide bonds. The number of aromatic hydroxyl groups is 1. The quantitative estimate of drug-likeness (QED) is 0.651. The highest BCUT2D eigenvalue weighted by atomic mass is 16.5. The van der Waals surface area contributed by atoms with Gasteiger partial charge in [-0.3, -0.25) is 0 Å². The molecule has 0 bridgehead atoms. The lowest BCUT2D eigenvalue weighted by atomic mass is 10.1. The average molecular weight is 257 g/mol. The minimum Gasteiger partial charge on any atom is -0.506 e. The van der Waals surface area contributed by atoms with Crippen LogP contribution in [0, 0.1) is 0 Å². The molecule has 0 saturated heterocycles. The van der Waals surface area contributed by atoms with Crippen molar-refractivity contribution in [1.82, 2.24) is 0 Å². The van der Waals surface area contributed by atoms with Gasteiger partial charge < -0.3 is 15.2 Å². The summed E-state index contributed by atoms with van der Waals surface area (Å²) in [7, 11) is 0. The Morgan fingerprint density at radius 3 is 2.42 bits per heavy atom. The fourth-order valence-corrected chi connectivity index (χ4v) is 1.70. The third-order valence-electron chi connectivity index (χ3n) is 2.60. The third kappa shape index (κ3) is 3.04. The molecule has 0 heterocycles. The van der Waals surface area contributed by atoms with Gasteiger partial charge in [-0.15, -0.1) is 0 Å². The summed E-state index contributed by atoms with van der Waals surface area (Å²) in [6, 6.07) is 13.9. The molecule has 2 aromatic rings. The first kappa shape index (κ1) is 13.0. The van der Waals surface area contributed by atoms with Gasteiger partial charge in [-0.25, -0.2) is 4.79 Å². The number of ether oxygens (including phenoxy) is 1. The van der Waals surface area contributed by atoms with Crippen LogP contribution < -0.4 is 5.32 Å². The van der Waals surface area contributed by atoms with Crippen molar-refractivity contribution < 1.29 is 14.6 Å². The molecule has 0 aliphatic heterocycles. The van der Waals surface area contributed by atoms with Gasteiger partial charge in [0.1, 0.15) is 5.75 Å². The third-order valence-corrected chi connectivity index (χ3v) is 2.60. The molecule has 98 valence electrons. The summed E-state index contributed by atoms with van der Waals surface area (Å²) in [4.78, 5) is 11.8. The zero-order chi connectivity index (χ0) is 13.7. The largest absolute Gasteiger partial charge is 0.506 e. The molecule has 0 spiro atoms. The van der Waals surface area contributed by atoms with E-state index in [4.69, 9.17) is 4.74 Å². The van der Waals surface area contributed by atoms with E-state index in [0.29, 0.717) is 23.5 Å². The Bertz CT molecular complexity index is 581. The molecule has 0 saturated carbocycles. The predicted octanol–water partition coefficient (Wildman–Crippen LogP) is 3.31. The van der Waals surface area contributed by atoms with E-state index in [0.717, 1.165) is 0 Å². The number of hydrogen-bond acceptors (Lipinski definition) is 4. The zero-order valence-electron chi connectivity index (χ0n) is 10.6. The highest BCUT2D eigenvalue weighted by molar-refractivity contribution is 5.96. The lowest BCUT2D eigenvalue weighted by Gasteiger charge is -2.12. The second-order valence-electron chi connectivity index (χ2n) is 3.91. The van der Waals surface area contributed by atoms with Crippen LogP contribution in [0.4, 0.5) is 11.4 Å². The van der Waals surface area contributed by atoms with Gasteiger partial charge in [0.2, 0.25) is 0 Å². The Morgan fingerprint density at radius 1 is 1.11 bits per heavy atom. The molecule has 2 N–H and O–H groups in total. The summed E-state index contributed by atoms with van der Waals surface area (Å²) in [5.74, 6) is -0.262. The number of nitrogens with one attached hydrogen (secondary N) is 1. The minimum atomic E-state index is -0.388. The number of carbonyl (C=O) groups is 1. The maximum atomic E-state index is 11.8. The second-order valence-corrected chi connectivity index (χ2v) is 3.91. The Labute approximate surface area is 111 Å². The summed E-state index contributed by atoms with van der Waals surface area (Å²) in [5.41, 5.74) is 1.58. The molecule has 0 radical (unpaired) electrons. The van der Waals surface area contributed by atoms with Crippen molar-refractivity contribution in [3.63, 3.8) is 0 Å². The van der Waals surface area contributed by atoms with Crippen LogP contribution >= 0.6 is 0 Å². The Kier molecular flexibility index (Phi) is 4.03. The SMILES string of the molecule is CCOC(=O)c1ccccc1Nc1ccccc1O. The second kappa shape index (κ2) is 5.91. The van der Waals surface area contributed by atoms with Gasteiger partial charge in [0.25, 0.3) is 0 Å². The molecule has 0 unspecified atom stereocenters. The van der Waals surface area contributed by atoms with Crippen molar-refractivity contribution in [2.24, 2.45) is 0 Å². The van der Waals surface area contributed by atoms with Crippen LogP contribution in [-0.2, 0) is 4.74 Å². The van der Waals surface area contributed by atoms with Crippen molar-refractivity contribution in [1.29, 1.82) is 0 Å². The van der Waals surface area contributed by atoms with Crippen molar-refractivity contribution in [2.75, 3.05) is 11.9 Å². The molecule has 4 heteroatoms. The maximum Gasteiger partial charge on any atom is 0.340 e. The normalized spacial score (nSPS) is 9.95. The molecular formula is C15H15NO3. The van der Waals surface area contributed by atoms with E-state index < -0.39 is 0 Å². The summed E-state index contributed by atoms with van der Waals surface area (Å²) in [6.07, 6.45) is 0. The number of hydrogen-bond donors (Lipinski definition) is 2. The van der Waals surface area contributed by atoms with Crippen LogP contribution in [0.3, 0.4) is 0 Å². The topological polar surface area (TPSA) is 58.6 Å². The Balaban J connectivity index is 2.30. The van der Waals surface area contributed by atoms with Gasteiger partial charge in [-0.2, -0.15) is 0 Å². The van der Waals surface area contributed by atoms with Gasteiger partial charge in [-0.05, 0) is 31.2 Å². The summed E-state index contributed by atoms with van der Waals surface area (Å²) in [5, 5.41) is 12.8. The molecule has 2 aromatic carbocycles. The fraction of sp³-hybridized carbons (Fsp3) is 0.133. The van der Waals surface area contributed by atoms with E-state index in [1.165, 1.54) is 0 Å². The monoisotopic (exact) mass is 257 g/mol. The summed E-state index contributed by atoms with van der Waals surface area (Å²) in [6.45, 7) is 2.08. The van der Waals surface area contributed by atoms with Gasteiger partial charge in [0.15, 0.2) is 0 Å². The van der Waals surface area contributed by atoms with Gasteiger partial charge in [0.05, 0.1) is 23.5 Å². The zero-order valence-corrected chi connectivity index (χ0v) is 10.6. The lowest BCUT2D eigenvalue weighted by Crippen LogP contribution is -2.07. The number of phenolic OH excluding ortho intramolecular Hbond substituents is 1. The molecule has 0 aliphatic carbocycles. The molecule has 0 atom stereocenters. The fourth-order valence-electron chi connectivity index (χ4n) is 1.70. The van der Waals surface area contributed by atoms with E-state index in [-0.39, 0.29) is 11.7 Å². The average Bonchev–Trinajstić information content (AvgIpc) is 2.42. The van der Waals surface area contributed by atoms with Crippen LogP contribution in [-0.4, -0.2) is 17.7 Å². The molecule has 2 rings (SSSR count). The number of esters is 1.